The highest BCUT2D eigenvalue weighted by atomic mass is 35.5. The second-order valence-corrected chi connectivity index (χ2v) is 4.50. The van der Waals surface area contributed by atoms with Gasteiger partial charge in [0.1, 0.15) is 5.76 Å². The van der Waals surface area contributed by atoms with Crippen molar-refractivity contribution in [1.82, 2.24) is 5.32 Å². The average Bonchev–Trinajstić information content (AvgIpc) is 2.74. The fraction of sp³-hybridized carbons (Fsp3) is 0.667. The maximum atomic E-state index is 5.82. The first-order valence-electron chi connectivity index (χ1n) is 5.87. The first kappa shape index (κ1) is 12.0. The van der Waals surface area contributed by atoms with Gasteiger partial charge in [-0.2, -0.15) is 0 Å². The summed E-state index contributed by atoms with van der Waals surface area (Å²) in [6, 6.07) is 4.03. The van der Waals surface area contributed by atoms with Crippen LogP contribution in [0.5, 0.6) is 0 Å². The van der Waals surface area contributed by atoms with Gasteiger partial charge in [0.25, 0.3) is 0 Å². The van der Waals surface area contributed by atoms with Crippen molar-refractivity contribution < 1.29 is 9.15 Å². The molecular weight excluding hydrogens is 226 g/mol. The van der Waals surface area contributed by atoms with Crippen LogP contribution in [0.3, 0.4) is 0 Å². The van der Waals surface area contributed by atoms with Gasteiger partial charge in [0.15, 0.2) is 5.22 Å². The van der Waals surface area contributed by atoms with E-state index in [4.69, 9.17) is 20.8 Å². The molecule has 0 bridgehead atoms. The van der Waals surface area contributed by atoms with Crippen LogP contribution in [-0.2, 0) is 4.74 Å². The number of halogens is 1. The van der Waals surface area contributed by atoms with Crippen LogP contribution in [0, 0.1) is 5.92 Å². The third-order valence-electron chi connectivity index (χ3n) is 3.06. The van der Waals surface area contributed by atoms with Gasteiger partial charge < -0.3 is 14.5 Å². The summed E-state index contributed by atoms with van der Waals surface area (Å²) in [5, 5.41) is 3.94. The summed E-state index contributed by atoms with van der Waals surface area (Å²) in [6.07, 6.45) is 2.16. The van der Waals surface area contributed by atoms with E-state index < -0.39 is 0 Å². The monoisotopic (exact) mass is 243 g/mol. The third-order valence-corrected chi connectivity index (χ3v) is 3.27. The Morgan fingerprint density at radius 2 is 2.19 bits per heavy atom. The van der Waals surface area contributed by atoms with Gasteiger partial charge in [-0.3, -0.25) is 0 Å². The lowest BCUT2D eigenvalue weighted by atomic mass is 9.90. The van der Waals surface area contributed by atoms with E-state index in [9.17, 15) is 0 Å². The molecule has 2 rings (SSSR count). The summed E-state index contributed by atoms with van der Waals surface area (Å²) in [5.41, 5.74) is 0. The Morgan fingerprint density at radius 3 is 2.75 bits per heavy atom. The highest BCUT2D eigenvalue weighted by molar-refractivity contribution is 6.28. The molecule has 0 saturated carbocycles. The van der Waals surface area contributed by atoms with Gasteiger partial charge in [-0.25, -0.2) is 0 Å². The van der Waals surface area contributed by atoms with E-state index in [1.165, 1.54) is 0 Å². The molecule has 0 aromatic carbocycles. The molecule has 0 amide bonds. The SMILES string of the molecule is CCNC(c1ccc(Cl)o1)C1CCOCC1. The van der Waals surface area contributed by atoms with E-state index >= 15 is 0 Å². The second-order valence-electron chi connectivity index (χ2n) is 4.13. The van der Waals surface area contributed by atoms with Crippen molar-refractivity contribution in [2.75, 3.05) is 19.8 Å². The lowest BCUT2D eigenvalue weighted by Gasteiger charge is -2.29. The number of furan rings is 1. The summed E-state index contributed by atoms with van der Waals surface area (Å²) in [6.45, 7) is 4.74. The van der Waals surface area contributed by atoms with Gasteiger partial charge in [0.05, 0.1) is 6.04 Å². The van der Waals surface area contributed by atoms with Crippen LogP contribution in [0.1, 0.15) is 31.6 Å². The summed E-state index contributed by atoms with van der Waals surface area (Å²) >= 11 is 5.82. The largest absolute Gasteiger partial charge is 0.448 e. The minimum atomic E-state index is 0.265. The smallest absolute Gasteiger partial charge is 0.193 e. The van der Waals surface area contributed by atoms with Crippen molar-refractivity contribution in [3.8, 4) is 0 Å². The van der Waals surface area contributed by atoms with Crippen LogP contribution in [0.2, 0.25) is 5.22 Å². The zero-order valence-electron chi connectivity index (χ0n) is 9.54. The van der Waals surface area contributed by atoms with Crippen molar-refractivity contribution in [2.45, 2.75) is 25.8 Å². The van der Waals surface area contributed by atoms with Crippen LogP contribution in [-0.4, -0.2) is 19.8 Å². The van der Waals surface area contributed by atoms with Crippen LogP contribution >= 0.6 is 11.6 Å². The van der Waals surface area contributed by atoms with E-state index in [1.807, 2.05) is 6.07 Å². The topological polar surface area (TPSA) is 34.4 Å². The maximum Gasteiger partial charge on any atom is 0.193 e. The molecule has 0 radical (unpaired) electrons. The molecule has 1 aliphatic rings. The first-order valence-corrected chi connectivity index (χ1v) is 6.25. The Balaban J connectivity index is 2.09. The van der Waals surface area contributed by atoms with Gasteiger partial charge >= 0.3 is 0 Å². The number of rotatable bonds is 4. The summed E-state index contributed by atoms with van der Waals surface area (Å²) < 4.78 is 10.9. The fourth-order valence-corrected chi connectivity index (χ4v) is 2.42. The fourth-order valence-electron chi connectivity index (χ4n) is 2.26. The van der Waals surface area contributed by atoms with Crippen LogP contribution in [0.4, 0.5) is 0 Å². The number of hydrogen-bond donors (Lipinski definition) is 1. The van der Waals surface area contributed by atoms with E-state index in [2.05, 4.69) is 12.2 Å². The predicted molar refractivity (Wildman–Crippen MR) is 63.7 cm³/mol. The van der Waals surface area contributed by atoms with Gasteiger partial charge in [-0.05, 0) is 49.0 Å². The quantitative estimate of drug-likeness (QED) is 0.883. The number of hydrogen-bond acceptors (Lipinski definition) is 3. The molecule has 2 heterocycles. The molecule has 3 nitrogen and oxygen atoms in total. The van der Waals surface area contributed by atoms with Crippen molar-refractivity contribution in [3.05, 3.63) is 23.1 Å². The molecule has 1 unspecified atom stereocenters. The second kappa shape index (κ2) is 5.71. The highest BCUT2D eigenvalue weighted by Crippen LogP contribution is 2.31. The normalized spacial score (nSPS) is 19.9. The lowest BCUT2D eigenvalue weighted by molar-refractivity contribution is 0.0509. The number of nitrogens with one attached hydrogen (secondary N) is 1. The molecule has 90 valence electrons. The van der Waals surface area contributed by atoms with E-state index in [0.717, 1.165) is 38.4 Å². The summed E-state index contributed by atoms with van der Waals surface area (Å²) in [7, 11) is 0. The minimum Gasteiger partial charge on any atom is -0.448 e. The minimum absolute atomic E-state index is 0.265. The predicted octanol–water partition coefficient (Wildman–Crippen LogP) is 3.01. The van der Waals surface area contributed by atoms with Gasteiger partial charge in [-0.15, -0.1) is 0 Å². The van der Waals surface area contributed by atoms with E-state index in [-0.39, 0.29) is 6.04 Å². The molecule has 1 atom stereocenters. The zero-order valence-corrected chi connectivity index (χ0v) is 10.3. The van der Waals surface area contributed by atoms with E-state index in [0.29, 0.717) is 11.1 Å². The summed E-state index contributed by atoms with van der Waals surface area (Å²) in [4.78, 5) is 0. The van der Waals surface area contributed by atoms with Gasteiger partial charge in [0, 0.05) is 13.2 Å². The van der Waals surface area contributed by atoms with Gasteiger partial charge in [0.2, 0.25) is 0 Å². The Morgan fingerprint density at radius 1 is 1.44 bits per heavy atom. The molecule has 1 aromatic rings. The van der Waals surface area contributed by atoms with Crippen molar-refractivity contribution in [1.29, 1.82) is 0 Å². The molecule has 0 spiro atoms. The lowest BCUT2D eigenvalue weighted by Crippen LogP contribution is -2.31. The number of ether oxygens (including phenoxy) is 1. The van der Waals surface area contributed by atoms with Crippen LogP contribution < -0.4 is 5.32 Å². The molecule has 0 aliphatic carbocycles. The molecule has 1 aromatic heterocycles. The first-order chi connectivity index (χ1) is 7.81. The Hall–Kier alpha value is -0.510. The average molecular weight is 244 g/mol. The standard InChI is InChI=1S/C12H18ClNO2/c1-2-14-12(9-5-7-15-8-6-9)10-3-4-11(13)16-10/h3-4,9,12,14H,2,5-8H2,1H3. The molecule has 1 aliphatic heterocycles. The van der Waals surface area contributed by atoms with Crippen molar-refractivity contribution >= 4 is 11.6 Å². The molecule has 1 fully saturated rings. The Kier molecular flexibility index (Phi) is 4.27. The molecule has 16 heavy (non-hydrogen) atoms. The van der Waals surface area contributed by atoms with Crippen LogP contribution in [0.25, 0.3) is 0 Å². The molecular formula is C12H18ClNO2. The Bertz CT molecular complexity index is 321. The Labute approximate surface area is 101 Å². The highest BCUT2D eigenvalue weighted by Gasteiger charge is 2.26. The summed E-state index contributed by atoms with van der Waals surface area (Å²) in [5.74, 6) is 1.52. The maximum absolute atomic E-state index is 5.82. The molecule has 1 N–H and O–H groups in total. The van der Waals surface area contributed by atoms with Crippen molar-refractivity contribution in [2.24, 2.45) is 5.92 Å². The zero-order chi connectivity index (χ0) is 11.4. The van der Waals surface area contributed by atoms with Crippen LogP contribution in [0.15, 0.2) is 16.5 Å². The van der Waals surface area contributed by atoms with Crippen molar-refractivity contribution in [3.63, 3.8) is 0 Å². The molecule has 1 saturated heterocycles. The van der Waals surface area contributed by atoms with Gasteiger partial charge in [-0.1, -0.05) is 6.92 Å². The third kappa shape index (κ3) is 2.78. The molecule has 4 heteroatoms. The van der Waals surface area contributed by atoms with E-state index in [1.54, 1.807) is 6.07 Å².